The summed E-state index contributed by atoms with van der Waals surface area (Å²) in [5, 5.41) is 5.71. The lowest BCUT2D eigenvalue weighted by Gasteiger charge is -2.00. The highest BCUT2D eigenvalue weighted by atomic mass is 35.5. The second-order valence-electron chi connectivity index (χ2n) is 3.15. The molecule has 0 saturated heterocycles. The van der Waals surface area contributed by atoms with Gasteiger partial charge in [0.15, 0.2) is 0 Å². The van der Waals surface area contributed by atoms with E-state index in [1.807, 2.05) is 13.1 Å². The molecule has 72 valence electrons. The van der Waals surface area contributed by atoms with E-state index in [2.05, 4.69) is 5.10 Å². The van der Waals surface area contributed by atoms with Gasteiger partial charge in [0.25, 0.3) is 0 Å². The molecule has 0 atom stereocenters. The number of benzene rings is 1. The van der Waals surface area contributed by atoms with Crippen molar-refractivity contribution in [1.29, 1.82) is 0 Å². The maximum Gasteiger partial charge on any atom is 0.124 e. The molecule has 1 heterocycles. The minimum atomic E-state index is 0.393. The molecule has 14 heavy (non-hydrogen) atoms. The Bertz CT molecular complexity index is 490. The molecule has 1 aromatic carbocycles. The standard InChI is InChI=1S/C10H9ClN2O/c1-13-10-8(6-12-13)4-7(2-3-14)5-9(10)11/h3-6H,2H2,1H3. The first-order chi connectivity index (χ1) is 6.72. The Labute approximate surface area is 86.3 Å². The molecule has 0 amide bonds. The van der Waals surface area contributed by atoms with E-state index in [9.17, 15) is 4.79 Å². The van der Waals surface area contributed by atoms with Crippen LogP contribution < -0.4 is 0 Å². The Kier molecular flexibility index (Phi) is 2.25. The first-order valence-electron chi connectivity index (χ1n) is 4.26. The Morgan fingerprint density at radius 3 is 3.07 bits per heavy atom. The van der Waals surface area contributed by atoms with Crippen LogP contribution in [0.3, 0.4) is 0 Å². The van der Waals surface area contributed by atoms with Crippen molar-refractivity contribution >= 4 is 28.8 Å². The van der Waals surface area contributed by atoms with Gasteiger partial charge >= 0.3 is 0 Å². The third kappa shape index (κ3) is 1.40. The summed E-state index contributed by atoms with van der Waals surface area (Å²) in [4.78, 5) is 10.4. The highest BCUT2D eigenvalue weighted by Crippen LogP contribution is 2.24. The van der Waals surface area contributed by atoms with Crippen molar-refractivity contribution in [2.75, 3.05) is 0 Å². The van der Waals surface area contributed by atoms with Crippen LogP contribution in [0.4, 0.5) is 0 Å². The predicted octanol–water partition coefficient (Wildman–Crippen LogP) is 1.97. The van der Waals surface area contributed by atoms with Gasteiger partial charge in [-0.05, 0) is 17.7 Å². The molecular weight excluding hydrogens is 200 g/mol. The number of carbonyl (C=O) groups excluding carboxylic acids is 1. The Balaban J connectivity index is 2.67. The molecule has 0 saturated carbocycles. The van der Waals surface area contributed by atoms with Gasteiger partial charge in [-0.2, -0.15) is 5.10 Å². The SMILES string of the molecule is Cn1ncc2cc(CC=O)cc(Cl)c21. The number of hydrogen-bond acceptors (Lipinski definition) is 2. The third-order valence-electron chi connectivity index (χ3n) is 2.17. The van der Waals surface area contributed by atoms with Crippen LogP contribution >= 0.6 is 11.6 Å². The number of fused-ring (bicyclic) bond motifs is 1. The number of halogens is 1. The van der Waals surface area contributed by atoms with Gasteiger partial charge < -0.3 is 4.79 Å². The van der Waals surface area contributed by atoms with E-state index in [4.69, 9.17) is 11.6 Å². The van der Waals surface area contributed by atoms with Crippen LogP contribution in [-0.2, 0) is 18.3 Å². The number of aromatic nitrogens is 2. The van der Waals surface area contributed by atoms with Crippen LogP contribution in [-0.4, -0.2) is 16.1 Å². The number of aryl methyl sites for hydroxylation is 1. The van der Waals surface area contributed by atoms with Crippen LogP contribution in [0.5, 0.6) is 0 Å². The molecule has 3 nitrogen and oxygen atoms in total. The Hall–Kier alpha value is -1.35. The van der Waals surface area contributed by atoms with Crippen molar-refractivity contribution in [1.82, 2.24) is 9.78 Å². The van der Waals surface area contributed by atoms with Gasteiger partial charge in [0.2, 0.25) is 0 Å². The lowest BCUT2D eigenvalue weighted by molar-refractivity contribution is -0.107. The van der Waals surface area contributed by atoms with Crippen LogP contribution in [0.25, 0.3) is 10.9 Å². The van der Waals surface area contributed by atoms with E-state index >= 15 is 0 Å². The van der Waals surface area contributed by atoms with Crippen molar-refractivity contribution < 1.29 is 4.79 Å². The molecule has 0 aliphatic heterocycles. The van der Waals surface area contributed by atoms with E-state index in [-0.39, 0.29) is 0 Å². The molecule has 0 radical (unpaired) electrons. The summed E-state index contributed by atoms with van der Waals surface area (Å²) in [6.07, 6.45) is 3.01. The summed E-state index contributed by atoms with van der Waals surface area (Å²) in [7, 11) is 1.84. The van der Waals surface area contributed by atoms with Gasteiger partial charge in [-0.15, -0.1) is 0 Å². The summed E-state index contributed by atoms with van der Waals surface area (Å²) >= 11 is 6.07. The molecule has 0 bridgehead atoms. The number of nitrogens with zero attached hydrogens (tertiary/aromatic N) is 2. The van der Waals surface area contributed by atoms with Gasteiger partial charge in [0, 0.05) is 18.9 Å². The van der Waals surface area contributed by atoms with Gasteiger partial charge in [-0.1, -0.05) is 11.6 Å². The lowest BCUT2D eigenvalue weighted by atomic mass is 10.1. The van der Waals surface area contributed by atoms with Gasteiger partial charge in [0.05, 0.1) is 16.7 Å². The fraction of sp³-hybridized carbons (Fsp3) is 0.200. The summed E-state index contributed by atoms with van der Waals surface area (Å²) in [6, 6.07) is 3.74. The van der Waals surface area contributed by atoms with Crippen molar-refractivity contribution in [2.45, 2.75) is 6.42 Å². The second-order valence-corrected chi connectivity index (χ2v) is 3.56. The van der Waals surface area contributed by atoms with Crippen molar-refractivity contribution in [3.63, 3.8) is 0 Å². The minimum absolute atomic E-state index is 0.393. The summed E-state index contributed by atoms with van der Waals surface area (Å²) in [5.74, 6) is 0. The van der Waals surface area contributed by atoms with Crippen molar-refractivity contribution in [3.05, 3.63) is 28.9 Å². The van der Waals surface area contributed by atoms with Crippen LogP contribution in [0, 0.1) is 0 Å². The third-order valence-corrected chi connectivity index (χ3v) is 2.45. The van der Waals surface area contributed by atoms with Crippen LogP contribution in [0.2, 0.25) is 5.02 Å². The van der Waals surface area contributed by atoms with Gasteiger partial charge in [-0.25, -0.2) is 0 Å². The lowest BCUT2D eigenvalue weighted by Crippen LogP contribution is -1.91. The van der Waals surface area contributed by atoms with E-state index in [1.54, 1.807) is 16.9 Å². The largest absolute Gasteiger partial charge is 0.303 e. The van der Waals surface area contributed by atoms with E-state index in [0.29, 0.717) is 11.4 Å². The van der Waals surface area contributed by atoms with Gasteiger partial charge in [0.1, 0.15) is 6.29 Å². The zero-order valence-electron chi connectivity index (χ0n) is 7.70. The van der Waals surface area contributed by atoms with E-state index in [0.717, 1.165) is 22.8 Å². The van der Waals surface area contributed by atoms with Crippen LogP contribution in [0.1, 0.15) is 5.56 Å². The van der Waals surface area contributed by atoms with Crippen LogP contribution in [0.15, 0.2) is 18.3 Å². The first-order valence-corrected chi connectivity index (χ1v) is 4.64. The highest BCUT2D eigenvalue weighted by molar-refractivity contribution is 6.35. The average Bonchev–Trinajstić information content (AvgIpc) is 2.48. The maximum absolute atomic E-state index is 10.4. The van der Waals surface area contributed by atoms with E-state index in [1.165, 1.54) is 0 Å². The molecule has 2 aromatic rings. The smallest absolute Gasteiger partial charge is 0.124 e. The monoisotopic (exact) mass is 208 g/mol. The fourth-order valence-electron chi connectivity index (χ4n) is 1.54. The number of rotatable bonds is 2. The molecule has 1 aromatic heterocycles. The predicted molar refractivity (Wildman–Crippen MR) is 55.5 cm³/mol. The van der Waals surface area contributed by atoms with E-state index < -0.39 is 0 Å². The maximum atomic E-state index is 10.4. The topological polar surface area (TPSA) is 34.9 Å². The molecule has 0 fully saturated rings. The zero-order valence-corrected chi connectivity index (χ0v) is 8.45. The number of carbonyl (C=O) groups is 1. The molecule has 0 aliphatic rings. The zero-order chi connectivity index (χ0) is 10.1. The number of aldehydes is 1. The molecule has 0 unspecified atom stereocenters. The Morgan fingerprint density at radius 2 is 2.36 bits per heavy atom. The number of hydrogen-bond donors (Lipinski definition) is 0. The molecular formula is C10H9ClN2O. The normalized spacial score (nSPS) is 10.7. The first kappa shape index (κ1) is 9.21. The summed E-state index contributed by atoms with van der Waals surface area (Å²) in [6.45, 7) is 0. The average molecular weight is 209 g/mol. The fourth-order valence-corrected chi connectivity index (χ4v) is 1.91. The van der Waals surface area contributed by atoms with Crippen molar-refractivity contribution in [3.8, 4) is 0 Å². The quantitative estimate of drug-likeness (QED) is 0.708. The molecule has 0 aliphatic carbocycles. The highest BCUT2D eigenvalue weighted by Gasteiger charge is 2.06. The molecule has 2 rings (SSSR count). The molecule has 0 spiro atoms. The molecule has 0 N–H and O–H groups in total. The van der Waals surface area contributed by atoms with Gasteiger partial charge in [-0.3, -0.25) is 4.68 Å². The second kappa shape index (κ2) is 3.42. The Morgan fingerprint density at radius 1 is 1.57 bits per heavy atom. The summed E-state index contributed by atoms with van der Waals surface area (Å²) < 4.78 is 1.72. The summed E-state index contributed by atoms with van der Waals surface area (Å²) in [5.41, 5.74) is 1.83. The minimum Gasteiger partial charge on any atom is -0.303 e. The van der Waals surface area contributed by atoms with Crippen molar-refractivity contribution in [2.24, 2.45) is 7.05 Å². The molecule has 4 heteroatoms.